The van der Waals surface area contributed by atoms with Gasteiger partial charge >= 0.3 is 0 Å². The van der Waals surface area contributed by atoms with Gasteiger partial charge in [-0.05, 0) is 79.9 Å². The maximum atomic E-state index is 13.2. The number of nitrogens with one attached hydrogen (secondary N) is 1. The molecule has 166 valence electrons. The van der Waals surface area contributed by atoms with Gasteiger partial charge in [0.2, 0.25) is 11.8 Å². The third kappa shape index (κ3) is 4.21. The highest BCUT2D eigenvalue weighted by molar-refractivity contribution is 5.97. The van der Waals surface area contributed by atoms with Crippen molar-refractivity contribution in [2.75, 3.05) is 31.5 Å². The van der Waals surface area contributed by atoms with Crippen molar-refractivity contribution in [2.24, 2.45) is 23.2 Å². The molecule has 4 bridgehead atoms. The van der Waals surface area contributed by atoms with Gasteiger partial charge in [0.05, 0.1) is 0 Å². The minimum Gasteiger partial charge on any atom is -0.339 e. The van der Waals surface area contributed by atoms with Crippen molar-refractivity contribution in [3.63, 3.8) is 0 Å². The van der Waals surface area contributed by atoms with Crippen molar-refractivity contribution < 1.29 is 14.4 Å². The van der Waals surface area contributed by atoms with Gasteiger partial charge < -0.3 is 15.1 Å². The largest absolute Gasteiger partial charge is 0.339 e. The summed E-state index contributed by atoms with van der Waals surface area (Å²) in [7, 11) is 0. The molecule has 6 rings (SSSR count). The molecule has 1 aromatic carbocycles. The predicted octanol–water partition coefficient (Wildman–Crippen LogP) is 3.54. The van der Waals surface area contributed by atoms with Gasteiger partial charge in [0.25, 0.3) is 5.91 Å². The average Bonchev–Trinajstić information content (AvgIpc) is 2.72. The number of benzene rings is 1. The fourth-order valence-electron chi connectivity index (χ4n) is 7.21. The molecule has 0 unspecified atom stereocenters. The Labute approximate surface area is 184 Å². The fraction of sp³-hybridized carbons (Fsp3) is 0.640. The van der Waals surface area contributed by atoms with Crippen LogP contribution in [0.1, 0.15) is 62.2 Å². The van der Waals surface area contributed by atoms with Gasteiger partial charge in [-0.15, -0.1) is 0 Å². The highest BCUT2D eigenvalue weighted by Gasteiger charge is 2.51. The summed E-state index contributed by atoms with van der Waals surface area (Å²) in [6.45, 7) is 3.81. The van der Waals surface area contributed by atoms with Crippen molar-refractivity contribution in [1.29, 1.82) is 0 Å². The molecule has 4 saturated carbocycles. The molecule has 0 radical (unpaired) electrons. The third-order valence-electron chi connectivity index (χ3n) is 8.04. The summed E-state index contributed by atoms with van der Waals surface area (Å²) in [5.41, 5.74) is 1.46. The Hall–Kier alpha value is -2.37. The van der Waals surface area contributed by atoms with E-state index in [0.717, 1.165) is 17.8 Å². The molecule has 4 aliphatic carbocycles. The van der Waals surface area contributed by atoms with Crippen molar-refractivity contribution >= 4 is 23.4 Å². The smallest absolute Gasteiger partial charge is 0.254 e. The van der Waals surface area contributed by atoms with Crippen LogP contribution < -0.4 is 5.32 Å². The number of rotatable bonds is 4. The number of carbonyl (C=O) groups excluding carboxylic acids is 3. The van der Waals surface area contributed by atoms with E-state index in [1.165, 1.54) is 45.4 Å². The monoisotopic (exact) mass is 423 g/mol. The molecule has 1 N–H and O–H groups in total. The van der Waals surface area contributed by atoms with Crippen LogP contribution in [0.4, 0.5) is 5.69 Å². The second kappa shape index (κ2) is 7.95. The maximum Gasteiger partial charge on any atom is 0.254 e. The molecule has 0 spiro atoms. The van der Waals surface area contributed by atoms with Crippen molar-refractivity contribution in [3.8, 4) is 0 Å². The molecular formula is C25H33N3O3. The molecular weight excluding hydrogens is 390 g/mol. The Balaban J connectivity index is 1.17. The van der Waals surface area contributed by atoms with Gasteiger partial charge in [0.15, 0.2) is 0 Å². The van der Waals surface area contributed by atoms with Crippen LogP contribution in [0.15, 0.2) is 24.3 Å². The number of hydrogen-bond donors (Lipinski definition) is 1. The SMILES string of the molecule is CC(=O)Nc1cccc(C(=O)N2CCN(C(=O)CC34CC5CC(CC(C5)C3)C4)CC2)c1. The fourth-order valence-corrected chi connectivity index (χ4v) is 7.21. The quantitative estimate of drug-likeness (QED) is 0.805. The van der Waals surface area contributed by atoms with Crippen LogP contribution >= 0.6 is 0 Å². The summed E-state index contributed by atoms with van der Waals surface area (Å²) in [6.07, 6.45) is 8.69. The third-order valence-corrected chi connectivity index (χ3v) is 8.04. The van der Waals surface area contributed by atoms with E-state index in [1.54, 1.807) is 24.3 Å². The molecule has 1 aliphatic heterocycles. The Kier molecular flexibility index (Phi) is 5.27. The van der Waals surface area contributed by atoms with Crippen LogP contribution in [0.25, 0.3) is 0 Å². The zero-order valence-corrected chi connectivity index (χ0v) is 18.4. The molecule has 1 aromatic rings. The van der Waals surface area contributed by atoms with Crippen LogP contribution in [-0.2, 0) is 9.59 Å². The van der Waals surface area contributed by atoms with Gasteiger partial charge in [0.1, 0.15) is 0 Å². The minimum atomic E-state index is -0.157. The first-order chi connectivity index (χ1) is 14.9. The highest BCUT2D eigenvalue weighted by atomic mass is 16.2. The van der Waals surface area contributed by atoms with E-state index in [4.69, 9.17) is 0 Å². The van der Waals surface area contributed by atoms with Crippen molar-refractivity contribution in [1.82, 2.24) is 9.80 Å². The van der Waals surface area contributed by atoms with Gasteiger partial charge in [0, 0.05) is 50.8 Å². The van der Waals surface area contributed by atoms with E-state index in [9.17, 15) is 14.4 Å². The Morgan fingerprint density at radius 1 is 0.935 bits per heavy atom. The summed E-state index contributed by atoms with van der Waals surface area (Å²) >= 11 is 0. The van der Waals surface area contributed by atoms with E-state index in [0.29, 0.717) is 49.8 Å². The molecule has 0 aromatic heterocycles. The molecule has 6 nitrogen and oxygen atoms in total. The summed E-state index contributed by atoms with van der Waals surface area (Å²) in [4.78, 5) is 41.2. The minimum absolute atomic E-state index is 0.0413. The maximum absolute atomic E-state index is 13.2. The summed E-state index contributed by atoms with van der Waals surface area (Å²) in [6, 6.07) is 7.05. The molecule has 3 amide bonds. The van der Waals surface area contributed by atoms with Crippen LogP contribution in [0, 0.1) is 23.2 Å². The number of hydrogen-bond acceptors (Lipinski definition) is 3. The number of anilines is 1. The molecule has 5 fully saturated rings. The normalized spacial score (nSPS) is 31.6. The first-order valence-electron chi connectivity index (χ1n) is 11.8. The summed E-state index contributed by atoms with van der Waals surface area (Å²) in [5, 5.41) is 2.72. The van der Waals surface area contributed by atoms with Crippen LogP contribution in [-0.4, -0.2) is 53.7 Å². The number of amides is 3. The van der Waals surface area contributed by atoms with Gasteiger partial charge in [-0.3, -0.25) is 14.4 Å². The highest BCUT2D eigenvalue weighted by Crippen LogP contribution is 2.61. The summed E-state index contributed by atoms with van der Waals surface area (Å²) in [5.74, 6) is 2.68. The molecule has 0 atom stereocenters. The second-order valence-corrected chi connectivity index (χ2v) is 10.5. The standard InChI is InChI=1S/C25H33N3O3/c1-17(29)26-22-4-2-3-21(12-22)24(31)28-7-5-27(6-8-28)23(30)16-25-13-18-9-19(14-25)11-20(10-18)15-25/h2-4,12,18-20H,5-11,13-16H2,1H3,(H,26,29). The van der Waals surface area contributed by atoms with Crippen LogP contribution in [0.5, 0.6) is 0 Å². The Bertz CT molecular complexity index is 852. The topological polar surface area (TPSA) is 69.7 Å². The lowest BCUT2D eigenvalue weighted by atomic mass is 9.49. The van der Waals surface area contributed by atoms with E-state index < -0.39 is 0 Å². The van der Waals surface area contributed by atoms with E-state index in [-0.39, 0.29) is 17.2 Å². The summed E-state index contributed by atoms with van der Waals surface area (Å²) < 4.78 is 0. The predicted molar refractivity (Wildman–Crippen MR) is 118 cm³/mol. The van der Waals surface area contributed by atoms with Crippen LogP contribution in [0.2, 0.25) is 0 Å². The first-order valence-corrected chi connectivity index (χ1v) is 11.8. The molecule has 6 heteroatoms. The number of nitrogens with zero attached hydrogens (tertiary/aromatic N) is 2. The van der Waals surface area contributed by atoms with E-state index in [1.807, 2.05) is 9.80 Å². The lowest BCUT2D eigenvalue weighted by Crippen LogP contribution is -2.53. The van der Waals surface area contributed by atoms with Crippen LogP contribution in [0.3, 0.4) is 0 Å². The second-order valence-electron chi connectivity index (χ2n) is 10.5. The zero-order chi connectivity index (χ0) is 21.6. The Morgan fingerprint density at radius 3 is 2.10 bits per heavy atom. The van der Waals surface area contributed by atoms with E-state index in [2.05, 4.69) is 5.32 Å². The average molecular weight is 424 g/mol. The lowest BCUT2D eigenvalue weighted by Gasteiger charge is -2.57. The number of piperazine rings is 1. The molecule has 5 aliphatic rings. The van der Waals surface area contributed by atoms with Crippen molar-refractivity contribution in [3.05, 3.63) is 29.8 Å². The molecule has 1 heterocycles. The van der Waals surface area contributed by atoms with Gasteiger partial charge in [-0.2, -0.15) is 0 Å². The van der Waals surface area contributed by atoms with Gasteiger partial charge in [-0.1, -0.05) is 6.07 Å². The first kappa shape index (κ1) is 20.5. The van der Waals surface area contributed by atoms with Gasteiger partial charge in [-0.25, -0.2) is 0 Å². The zero-order valence-electron chi connectivity index (χ0n) is 18.4. The molecule has 1 saturated heterocycles. The van der Waals surface area contributed by atoms with E-state index >= 15 is 0 Å². The number of carbonyl (C=O) groups is 3. The molecule has 31 heavy (non-hydrogen) atoms. The van der Waals surface area contributed by atoms with Crippen molar-refractivity contribution in [2.45, 2.75) is 51.9 Å². The lowest BCUT2D eigenvalue weighted by molar-refractivity contribution is -0.141. The Morgan fingerprint density at radius 2 is 1.52 bits per heavy atom.